The number of carbonyl (C=O) groups is 1. The number of methoxy groups -OCH3 is 2. The Hall–Kier alpha value is -2.48. The van der Waals surface area contributed by atoms with Crippen LogP contribution in [-0.2, 0) is 0 Å². The van der Waals surface area contributed by atoms with Gasteiger partial charge in [0.1, 0.15) is 11.5 Å². The molecular weight excluding hydrogens is 328 g/mol. The molecule has 1 unspecified atom stereocenters. The average Bonchev–Trinajstić information content (AvgIpc) is 3.26. The molecule has 2 N–H and O–H groups in total. The van der Waals surface area contributed by atoms with E-state index in [9.17, 15) is 4.79 Å². The van der Waals surface area contributed by atoms with Gasteiger partial charge in [-0.25, -0.2) is 9.78 Å². The van der Waals surface area contributed by atoms with E-state index in [1.165, 1.54) is 0 Å². The quantitative estimate of drug-likeness (QED) is 0.868. The molecule has 0 spiro atoms. The topological polar surface area (TPSA) is 75.7 Å². The highest BCUT2D eigenvalue weighted by molar-refractivity contribution is 7.13. The third-order valence-corrected chi connectivity index (χ3v) is 4.70. The number of carbonyl (C=O) groups excluding carboxylic acids is 1. The average molecular weight is 348 g/mol. The van der Waals surface area contributed by atoms with Gasteiger partial charge in [-0.15, -0.1) is 11.3 Å². The molecule has 8 heteroatoms. The Balaban J connectivity index is 1.56. The van der Waals surface area contributed by atoms with E-state index in [0.29, 0.717) is 17.2 Å². The molecule has 1 aliphatic heterocycles. The molecule has 1 saturated heterocycles. The first-order chi connectivity index (χ1) is 11.7. The van der Waals surface area contributed by atoms with E-state index in [0.717, 1.165) is 24.6 Å². The minimum atomic E-state index is -0.246. The van der Waals surface area contributed by atoms with E-state index < -0.39 is 0 Å². The molecule has 1 aromatic heterocycles. The highest BCUT2D eigenvalue weighted by Crippen LogP contribution is 2.29. The zero-order valence-corrected chi connectivity index (χ0v) is 14.4. The number of urea groups is 1. The van der Waals surface area contributed by atoms with Crippen LogP contribution in [0.25, 0.3) is 0 Å². The van der Waals surface area contributed by atoms with Gasteiger partial charge in [0, 0.05) is 36.8 Å². The minimum absolute atomic E-state index is 0.0955. The van der Waals surface area contributed by atoms with Gasteiger partial charge in [0.25, 0.3) is 0 Å². The first-order valence-electron chi connectivity index (χ1n) is 7.63. The van der Waals surface area contributed by atoms with E-state index in [1.54, 1.807) is 50.0 Å². The van der Waals surface area contributed by atoms with Gasteiger partial charge in [-0.05, 0) is 18.6 Å². The van der Waals surface area contributed by atoms with Gasteiger partial charge >= 0.3 is 6.03 Å². The van der Waals surface area contributed by atoms with E-state index >= 15 is 0 Å². The fourth-order valence-corrected chi connectivity index (χ4v) is 3.35. The number of nitrogens with one attached hydrogen (secondary N) is 2. The van der Waals surface area contributed by atoms with Crippen molar-refractivity contribution in [3.63, 3.8) is 0 Å². The van der Waals surface area contributed by atoms with Gasteiger partial charge in [-0.3, -0.25) is 0 Å². The Kier molecular flexibility index (Phi) is 5.05. The standard InChI is InChI=1S/C16H20N4O3S/c1-22-12-3-4-13(14(9-12)23-2)19-15(21)18-11-5-7-20(10-11)16-17-6-8-24-16/h3-4,6,8-9,11H,5,7,10H2,1-2H3,(H2,18,19,21). The second kappa shape index (κ2) is 7.39. The van der Waals surface area contributed by atoms with Crippen LogP contribution in [0.5, 0.6) is 11.5 Å². The van der Waals surface area contributed by atoms with Crippen LogP contribution in [0.1, 0.15) is 6.42 Å². The number of ether oxygens (including phenoxy) is 2. The number of benzene rings is 1. The molecule has 128 valence electrons. The number of anilines is 2. The van der Waals surface area contributed by atoms with E-state index in [1.807, 2.05) is 5.38 Å². The summed E-state index contributed by atoms with van der Waals surface area (Å²) in [7, 11) is 3.14. The molecule has 0 radical (unpaired) electrons. The first-order valence-corrected chi connectivity index (χ1v) is 8.51. The van der Waals surface area contributed by atoms with Crippen LogP contribution in [0.2, 0.25) is 0 Å². The van der Waals surface area contributed by atoms with Gasteiger partial charge in [0.2, 0.25) is 0 Å². The van der Waals surface area contributed by atoms with Crippen LogP contribution in [-0.4, -0.2) is 44.4 Å². The molecule has 1 aliphatic rings. The molecule has 0 bridgehead atoms. The highest BCUT2D eigenvalue weighted by atomic mass is 32.1. The van der Waals surface area contributed by atoms with Crippen molar-refractivity contribution in [2.75, 3.05) is 37.5 Å². The molecule has 2 amide bonds. The summed E-state index contributed by atoms with van der Waals surface area (Å²) in [6.45, 7) is 1.66. The summed E-state index contributed by atoms with van der Waals surface area (Å²) < 4.78 is 10.4. The maximum atomic E-state index is 12.2. The zero-order valence-electron chi connectivity index (χ0n) is 13.6. The number of amides is 2. The third-order valence-electron chi connectivity index (χ3n) is 3.87. The molecule has 2 aromatic rings. The van der Waals surface area contributed by atoms with Gasteiger partial charge in [-0.1, -0.05) is 0 Å². The van der Waals surface area contributed by atoms with Gasteiger partial charge in [-0.2, -0.15) is 0 Å². The van der Waals surface area contributed by atoms with Crippen LogP contribution in [0.4, 0.5) is 15.6 Å². The summed E-state index contributed by atoms with van der Waals surface area (Å²) in [5.41, 5.74) is 0.602. The summed E-state index contributed by atoms with van der Waals surface area (Å²) in [5.74, 6) is 1.23. The Morgan fingerprint density at radius 2 is 2.25 bits per heavy atom. The fraction of sp³-hybridized carbons (Fsp3) is 0.375. The van der Waals surface area contributed by atoms with Crippen LogP contribution >= 0.6 is 11.3 Å². The first kappa shape index (κ1) is 16.4. The van der Waals surface area contributed by atoms with Crippen molar-refractivity contribution in [1.82, 2.24) is 10.3 Å². The Labute approximate surface area is 144 Å². The molecule has 1 fully saturated rings. The molecule has 0 saturated carbocycles. The van der Waals surface area contributed by atoms with Crippen LogP contribution in [0, 0.1) is 0 Å². The van der Waals surface area contributed by atoms with Crippen LogP contribution in [0.15, 0.2) is 29.8 Å². The van der Waals surface area contributed by atoms with Crippen molar-refractivity contribution >= 4 is 28.2 Å². The monoisotopic (exact) mass is 348 g/mol. The molecule has 1 aromatic carbocycles. The second-order valence-electron chi connectivity index (χ2n) is 5.41. The zero-order chi connectivity index (χ0) is 16.9. The predicted molar refractivity (Wildman–Crippen MR) is 94.4 cm³/mol. The Morgan fingerprint density at radius 1 is 1.38 bits per heavy atom. The van der Waals surface area contributed by atoms with Crippen molar-refractivity contribution < 1.29 is 14.3 Å². The maximum Gasteiger partial charge on any atom is 0.319 e. The van der Waals surface area contributed by atoms with Crippen molar-refractivity contribution in [2.24, 2.45) is 0 Å². The SMILES string of the molecule is COc1ccc(NC(=O)NC2CCN(c3nccs3)C2)c(OC)c1. The van der Waals surface area contributed by atoms with Crippen molar-refractivity contribution in [3.05, 3.63) is 29.8 Å². The molecule has 2 heterocycles. The van der Waals surface area contributed by atoms with E-state index in [2.05, 4.69) is 20.5 Å². The van der Waals surface area contributed by atoms with Gasteiger partial charge in [0.15, 0.2) is 5.13 Å². The molecule has 0 aliphatic carbocycles. The third kappa shape index (κ3) is 3.70. The summed E-state index contributed by atoms with van der Waals surface area (Å²) in [6.07, 6.45) is 2.69. The number of hydrogen-bond acceptors (Lipinski definition) is 6. The summed E-state index contributed by atoms with van der Waals surface area (Å²) in [5, 5.41) is 8.78. The summed E-state index contributed by atoms with van der Waals surface area (Å²) in [6, 6.07) is 5.11. The highest BCUT2D eigenvalue weighted by Gasteiger charge is 2.25. The van der Waals surface area contributed by atoms with Gasteiger partial charge < -0.3 is 25.0 Å². The lowest BCUT2D eigenvalue weighted by Gasteiger charge is -2.17. The van der Waals surface area contributed by atoms with E-state index in [4.69, 9.17) is 9.47 Å². The van der Waals surface area contributed by atoms with E-state index in [-0.39, 0.29) is 12.1 Å². The fourth-order valence-electron chi connectivity index (χ4n) is 2.67. The lowest BCUT2D eigenvalue weighted by atomic mass is 10.2. The molecular formula is C16H20N4O3S. The Morgan fingerprint density at radius 3 is 2.96 bits per heavy atom. The lowest BCUT2D eigenvalue weighted by molar-refractivity contribution is 0.249. The van der Waals surface area contributed by atoms with Crippen molar-refractivity contribution in [2.45, 2.75) is 12.5 Å². The number of thiazole rings is 1. The second-order valence-corrected chi connectivity index (χ2v) is 6.28. The number of rotatable bonds is 5. The number of nitrogens with zero attached hydrogens (tertiary/aromatic N) is 2. The van der Waals surface area contributed by atoms with Gasteiger partial charge in [0.05, 0.1) is 19.9 Å². The predicted octanol–water partition coefficient (Wildman–Crippen LogP) is 2.56. The number of aromatic nitrogens is 1. The lowest BCUT2D eigenvalue weighted by Crippen LogP contribution is -2.39. The largest absolute Gasteiger partial charge is 0.497 e. The van der Waals surface area contributed by atoms with Crippen LogP contribution in [0.3, 0.4) is 0 Å². The van der Waals surface area contributed by atoms with Crippen molar-refractivity contribution in [3.8, 4) is 11.5 Å². The number of hydrogen-bond donors (Lipinski definition) is 2. The van der Waals surface area contributed by atoms with Crippen LogP contribution < -0.4 is 25.0 Å². The summed E-state index contributed by atoms with van der Waals surface area (Å²) >= 11 is 1.61. The minimum Gasteiger partial charge on any atom is -0.497 e. The normalized spacial score (nSPS) is 16.8. The Bertz CT molecular complexity index is 693. The molecule has 7 nitrogen and oxygen atoms in total. The summed E-state index contributed by atoms with van der Waals surface area (Å²) in [4.78, 5) is 18.7. The van der Waals surface area contributed by atoms with Crippen molar-refractivity contribution in [1.29, 1.82) is 0 Å². The maximum absolute atomic E-state index is 12.2. The smallest absolute Gasteiger partial charge is 0.319 e. The molecule has 24 heavy (non-hydrogen) atoms. The molecule has 3 rings (SSSR count). The molecule has 1 atom stereocenters.